The number of hydrogen-bond acceptors (Lipinski definition) is 4. The first-order valence-electron chi connectivity index (χ1n) is 5.88. The van der Waals surface area contributed by atoms with Gasteiger partial charge < -0.3 is 19.7 Å². The molecule has 98 valence electrons. The van der Waals surface area contributed by atoms with Crippen LogP contribution in [0, 0.1) is 11.3 Å². The molecule has 0 aromatic rings. The van der Waals surface area contributed by atoms with Crippen LogP contribution in [0.4, 0.5) is 0 Å². The Kier molecular flexibility index (Phi) is 8.84. The molecule has 0 aromatic carbocycles. The van der Waals surface area contributed by atoms with E-state index in [0.29, 0.717) is 32.2 Å². The van der Waals surface area contributed by atoms with Crippen molar-refractivity contribution in [3.05, 3.63) is 0 Å². The van der Waals surface area contributed by atoms with E-state index in [-0.39, 0.29) is 13.2 Å². The molecule has 0 spiro atoms. The highest BCUT2D eigenvalue weighted by molar-refractivity contribution is 4.79. The Balaban J connectivity index is 3.92. The van der Waals surface area contributed by atoms with Gasteiger partial charge in [0, 0.05) is 19.1 Å². The zero-order valence-electron chi connectivity index (χ0n) is 10.7. The van der Waals surface area contributed by atoms with Crippen molar-refractivity contribution in [1.82, 2.24) is 0 Å². The number of hydrogen-bond donors (Lipinski definition) is 2. The monoisotopic (exact) mass is 234 g/mol. The van der Waals surface area contributed by atoms with E-state index in [2.05, 4.69) is 13.8 Å². The summed E-state index contributed by atoms with van der Waals surface area (Å²) in [6, 6.07) is 0. The predicted molar refractivity (Wildman–Crippen MR) is 63.4 cm³/mol. The molecule has 0 saturated heterocycles. The molecule has 0 atom stereocenters. The van der Waals surface area contributed by atoms with E-state index < -0.39 is 5.41 Å². The number of aliphatic hydroxyl groups excluding tert-OH is 2. The van der Waals surface area contributed by atoms with E-state index in [9.17, 15) is 10.2 Å². The Labute approximate surface area is 98.6 Å². The van der Waals surface area contributed by atoms with Gasteiger partial charge in [-0.15, -0.1) is 0 Å². The lowest BCUT2D eigenvalue weighted by Crippen LogP contribution is -2.33. The van der Waals surface area contributed by atoms with Crippen molar-refractivity contribution in [2.45, 2.75) is 26.7 Å². The van der Waals surface area contributed by atoms with Gasteiger partial charge in [-0.3, -0.25) is 0 Å². The maximum absolute atomic E-state index is 9.39. The Morgan fingerprint density at radius 2 is 1.69 bits per heavy atom. The highest BCUT2D eigenvalue weighted by atomic mass is 16.5. The molecule has 0 fully saturated rings. The van der Waals surface area contributed by atoms with Gasteiger partial charge in [0.05, 0.1) is 26.4 Å². The molecule has 4 heteroatoms. The van der Waals surface area contributed by atoms with Gasteiger partial charge in [0.15, 0.2) is 0 Å². The molecule has 0 unspecified atom stereocenters. The highest BCUT2D eigenvalue weighted by Crippen LogP contribution is 2.29. The largest absolute Gasteiger partial charge is 0.396 e. The Morgan fingerprint density at radius 1 is 1.06 bits per heavy atom. The van der Waals surface area contributed by atoms with E-state index in [1.54, 1.807) is 7.11 Å². The van der Waals surface area contributed by atoms with Crippen molar-refractivity contribution in [3.63, 3.8) is 0 Å². The molecule has 16 heavy (non-hydrogen) atoms. The van der Waals surface area contributed by atoms with Crippen LogP contribution in [0.25, 0.3) is 0 Å². The summed E-state index contributed by atoms with van der Waals surface area (Å²) in [5.41, 5.74) is -0.402. The summed E-state index contributed by atoms with van der Waals surface area (Å²) < 4.78 is 10.2. The minimum absolute atomic E-state index is 0.00924. The van der Waals surface area contributed by atoms with Crippen LogP contribution in [-0.2, 0) is 9.47 Å². The van der Waals surface area contributed by atoms with Gasteiger partial charge in [0.1, 0.15) is 0 Å². The predicted octanol–water partition coefficient (Wildman–Crippen LogP) is 1.06. The fraction of sp³-hybridized carbons (Fsp3) is 1.00. The zero-order chi connectivity index (χ0) is 12.4. The fourth-order valence-corrected chi connectivity index (χ4v) is 1.84. The molecule has 0 aliphatic heterocycles. The van der Waals surface area contributed by atoms with Crippen molar-refractivity contribution < 1.29 is 19.7 Å². The quantitative estimate of drug-likeness (QED) is 0.555. The third kappa shape index (κ3) is 6.43. The molecule has 0 amide bonds. The van der Waals surface area contributed by atoms with Crippen LogP contribution < -0.4 is 0 Å². The second kappa shape index (κ2) is 8.93. The number of ether oxygens (including phenoxy) is 2. The van der Waals surface area contributed by atoms with Crippen LogP contribution in [0.2, 0.25) is 0 Å². The van der Waals surface area contributed by atoms with Gasteiger partial charge >= 0.3 is 0 Å². The normalized spacial score (nSPS) is 12.4. The number of methoxy groups -OCH3 is 1. The minimum atomic E-state index is -0.402. The Bertz CT molecular complexity index is 155. The smallest absolute Gasteiger partial charge is 0.0700 e. The second-order valence-electron chi connectivity index (χ2n) is 4.77. The van der Waals surface area contributed by atoms with Crippen LogP contribution in [0.1, 0.15) is 26.7 Å². The van der Waals surface area contributed by atoms with Crippen LogP contribution in [-0.4, -0.2) is 50.4 Å². The van der Waals surface area contributed by atoms with Crippen LogP contribution in [0.5, 0.6) is 0 Å². The zero-order valence-corrected chi connectivity index (χ0v) is 10.7. The van der Waals surface area contributed by atoms with E-state index in [1.807, 2.05) is 0 Å². The lowest BCUT2D eigenvalue weighted by Gasteiger charge is -2.31. The summed E-state index contributed by atoms with van der Waals surface area (Å²) in [7, 11) is 1.63. The lowest BCUT2D eigenvalue weighted by atomic mass is 9.79. The van der Waals surface area contributed by atoms with Crippen molar-refractivity contribution >= 4 is 0 Å². The summed E-state index contributed by atoms with van der Waals surface area (Å²) in [4.78, 5) is 0. The van der Waals surface area contributed by atoms with E-state index in [0.717, 1.165) is 6.42 Å². The number of aliphatic hydroxyl groups is 2. The Morgan fingerprint density at radius 3 is 2.12 bits per heavy atom. The molecule has 2 N–H and O–H groups in total. The van der Waals surface area contributed by atoms with E-state index >= 15 is 0 Å². The van der Waals surface area contributed by atoms with Crippen molar-refractivity contribution in [2.75, 3.05) is 40.1 Å². The molecule has 0 rings (SSSR count). The highest BCUT2D eigenvalue weighted by Gasteiger charge is 2.29. The summed E-state index contributed by atoms with van der Waals surface area (Å²) in [6.07, 6.45) is 1.50. The molecule has 0 heterocycles. The summed E-state index contributed by atoms with van der Waals surface area (Å²) in [5.74, 6) is 0.457. The third-order valence-corrected chi connectivity index (χ3v) is 2.72. The van der Waals surface area contributed by atoms with Gasteiger partial charge in [0.2, 0.25) is 0 Å². The topological polar surface area (TPSA) is 58.9 Å². The maximum atomic E-state index is 9.39. The van der Waals surface area contributed by atoms with Crippen molar-refractivity contribution in [2.24, 2.45) is 11.3 Å². The second-order valence-corrected chi connectivity index (χ2v) is 4.77. The third-order valence-electron chi connectivity index (χ3n) is 2.72. The van der Waals surface area contributed by atoms with Gasteiger partial charge in [-0.1, -0.05) is 13.8 Å². The lowest BCUT2D eigenvalue weighted by molar-refractivity contribution is -0.00537. The van der Waals surface area contributed by atoms with Gasteiger partial charge in [-0.2, -0.15) is 0 Å². The van der Waals surface area contributed by atoms with Crippen LogP contribution in [0.3, 0.4) is 0 Å². The molecule has 0 aliphatic carbocycles. The van der Waals surface area contributed by atoms with E-state index in [4.69, 9.17) is 9.47 Å². The summed E-state index contributed by atoms with van der Waals surface area (Å²) >= 11 is 0. The average Bonchev–Trinajstić information content (AvgIpc) is 2.26. The van der Waals surface area contributed by atoms with Crippen molar-refractivity contribution in [3.8, 4) is 0 Å². The summed E-state index contributed by atoms with van der Waals surface area (Å²) in [5, 5.41) is 18.8. The molecular weight excluding hydrogens is 208 g/mol. The standard InChI is InChI=1S/C12H26O4/c1-11(2)8-12(9-13,10-14)4-5-16-7-6-15-3/h11,13-14H,4-10H2,1-3H3. The molecule has 0 aromatic heterocycles. The molecule has 0 radical (unpaired) electrons. The first-order chi connectivity index (χ1) is 7.60. The molecule has 4 nitrogen and oxygen atoms in total. The molecule has 0 saturated carbocycles. The first-order valence-corrected chi connectivity index (χ1v) is 5.88. The fourth-order valence-electron chi connectivity index (χ4n) is 1.84. The molecular formula is C12H26O4. The van der Waals surface area contributed by atoms with Crippen molar-refractivity contribution in [1.29, 1.82) is 0 Å². The van der Waals surface area contributed by atoms with Gasteiger partial charge in [-0.25, -0.2) is 0 Å². The molecule has 0 bridgehead atoms. The first kappa shape index (κ1) is 15.8. The van der Waals surface area contributed by atoms with Gasteiger partial charge in [0.25, 0.3) is 0 Å². The Hall–Kier alpha value is -0.160. The molecule has 0 aliphatic rings. The van der Waals surface area contributed by atoms with Gasteiger partial charge in [-0.05, 0) is 18.8 Å². The SMILES string of the molecule is COCCOCCC(CO)(CO)CC(C)C. The van der Waals surface area contributed by atoms with Crippen LogP contribution >= 0.6 is 0 Å². The average molecular weight is 234 g/mol. The number of rotatable bonds is 10. The minimum Gasteiger partial charge on any atom is -0.396 e. The van der Waals surface area contributed by atoms with E-state index in [1.165, 1.54) is 0 Å². The maximum Gasteiger partial charge on any atom is 0.0700 e. The summed E-state index contributed by atoms with van der Waals surface area (Å²) in [6.45, 7) is 5.89. The van der Waals surface area contributed by atoms with Crippen LogP contribution in [0.15, 0.2) is 0 Å².